The molecule has 1 saturated heterocycles. The van der Waals surface area contributed by atoms with Crippen LogP contribution in [0.1, 0.15) is 6.92 Å². The van der Waals surface area contributed by atoms with Crippen molar-refractivity contribution < 1.29 is 9.47 Å². The molecule has 0 aliphatic carbocycles. The van der Waals surface area contributed by atoms with Crippen molar-refractivity contribution in [3.63, 3.8) is 0 Å². The van der Waals surface area contributed by atoms with Crippen LogP contribution in [-0.4, -0.2) is 57.0 Å². The highest BCUT2D eigenvalue weighted by atomic mass is 16.5. The number of hydrogen-bond donors (Lipinski definition) is 2. The Bertz CT molecular complexity index is 157. The van der Waals surface area contributed by atoms with E-state index in [-0.39, 0.29) is 12.1 Å². The summed E-state index contributed by atoms with van der Waals surface area (Å²) in [7, 11) is 1.67. The molecule has 2 atom stereocenters. The van der Waals surface area contributed by atoms with Gasteiger partial charge in [-0.1, -0.05) is 6.92 Å². The van der Waals surface area contributed by atoms with Crippen molar-refractivity contribution in [3.05, 3.63) is 0 Å². The molecule has 1 heterocycles. The quantitative estimate of drug-likeness (QED) is 0.452. The van der Waals surface area contributed by atoms with Gasteiger partial charge in [0, 0.05) is 20.2 Å². The zero-order valence-corrected chi connectivity index (χ0v) is 9.03. The van der Waals surface area contributed by atoms with E-state index >= 15 is 0 Å². The lowest BCUT2D eigenvalue weighted by atomic mass is 10.1. The standard InChI is InChI=1S/C9H21N3O2/c1-3-12-4-5-14-9(6-12)8(11-10)7-13-2/h8-9,11H,3-7,10H2,1-2H3. The molecule has 0 aromatic rings. The molecule has 0 saturated carbocycles. The number of ether oxygens (including phenoxy) is 2. The van der Waals surface area contributed by atoms with E-state index in [0.717, 1.165) is 26.2 Å². The summed E-state index contributed by atoms with van der Waals surface area (Å²) in [5, 5.41) is 0. The summed E-state index contributed by atoms with van der Waals surface area (Å²) in [6.45, 7) is 6.51. The zero-order valence-electron chi connectivity index (χ0n) is 9.03. The van der Waals surface area contributed by atoms with Crippen molar-refractivity contribution in [1.82, 2.24) is 10.3 Å². The fourth-order valence-electron chi connectivity index (χ4n) is 1.70. The number of nitrogens with two attached hydrogens (primary N) is 1. The maximum atomic E-state index is 5.65. The van der Waals surface area contributed by atoms with Crippen LogP contribution in [0.15, 0.2) is 0 Å². The molecule has 0 spiro atoms. The molecule has 1 aliphatic heterocycles. The molecule has 0 amide bonds. The Kier molecular flexibility index (Phi) is 5.36. The Labute approximate surface area is 85.5 Å². The van der Waals surface area contributed by atoms with Crippen molar-refractivity contribution in [2.75, 3.05) is 40.0 Å². The summed E-state index contributed by atoms with van der Waals surface area (Å²) in [5.74, 6) is 5.45. The van der Waals surface area contributed by atoms with E-state index in [2.05, 4.69) is 17.2 Å². The molecule has 0 bridgehead atoms. The Morgan fingerprint density at radius 3 is 3.07 bits per heavy atom. The van der Waals surface area contributed by atoms with Gasteiger partial charge in [-0.3, -0.25) is 16.2 Å². The Morgan fingerprint density at radius 2 is 2.50 bits per heavy atom. The topological polar surface area (TPSA) is 59.8 Å². The van der Waals surface area contributed by atoms with Gasteiger partial charge in [-0.15, -0.1) is 0 Å². The first-order chi connectivity index (χ1) is 6.81. The number of nitrogens with one attached hydrogen (secondary N) is 1. The molecule has 3 N–H and O–H groups in total. The van der Waals surface area contributed by atoms with Crippen LogP contribution in [0.25, 0.3) is 0 Å². The van der Waals surface area contributed by atoms with Gasteiger partial charge in [-0.25, -0.2) is 0 Å². The van der Waals surface area contributed by atoms with Crippen LogP contribution in [-0.2, 0) is 9.47 Å². The number of likely N-dealkylation sites (N-methyl/N-ethyl adjacent to an activating group) is 1. The first-order valence-corrected chi connectivity index (χ1v) is 5.10. The predicted molar refractivity (Wildman–Crippen MR) is 54.8 cm³/mol. The summed E-state index contributed by atoms with van der Waals surface area (Å²) < 4.78 is 10.7. The number of hydrogen-bond acceptors (Lipinski definition) is 5. The molecule has 14 heavy (non-hydrogen) atoms. The van der Waals surface area contributed by atoms with Gasteiger partial charge in [0.2, 0.25) is 0 Å². The van der Waals surface area contributed by atoms with Gasteiger partial charge in [-0.2, -0.15) is 0 Å². The third-order valence-corrected chi connectivity index (χ3v) is 2.63. The van der Waals surface area contributed by atoms with Crippen LogP contribution < -0.4 is 11.3 Å². The number of hydrazine groups is 1. The molecule has 2 unspecified atom stereocenters. The molecule has 84 valence electrons. The Balaban J connectivity index is 2.40. The van der Waals surface area contributed by atoms with Crippen LogP contribution >= 0.6 is 0 Å². The lowest BCUT2D eigenvalue weighted by molar-refractivity contribution is -0.0566. The largest absolute Gasteiger partial charge is 0.383 e. The maximum Gasteiger partial charge on any atom is 0.0891 e. The first-order valence-electron chi connectivity index (χ1n) is 5.10. The van der Waals surface area contributed by atoms with Crippen molar-refractivity contribution in [2.24, 2.45) is 5.84 Å². The van der Waals surface area contributed by atoms with Gasteiger partial charge in [0.1, 0.15) is 0 Å². The van der Waals surface area contributed by atoms with E-state index in [9.17, 15) is 0 Å². The van der Waals surface area contributed by atoms with Crippen LogP contribution in [0, 0.1) is 0 Å². The second-order valence-corrected chi connectivity index (χ2v) is 3.53. The van der Waals surface area contributed by atoms with E-state index in [4.69, 9.17) is 15.3 Å². The highest BCUT2D eigenvalue weighted by molar-refractivity contribution is 4.81. The average molecular weight is 203 g/mol. The summed E-state index contributed by atoms with van der Waals surface area (Å²) in [6.07, 6.45) is 0.133. The zero-order chi connectivity index (χ0) is 10.4. The number of methoxy groups -OCH3 is 1. The average Bonchev–Trinajstić information content (AvgIpc) is 2.26. The molecule has 0 radical (unpaired) electrons. The molecule has 1 aliphatic rings. The van der Waals surface area contributed by atoms with Gasteiger partial charge in [0.25, 0.3) is 0 Å². The minimum atomic E-state index is 0.0781. The summed E-state index contributed by atoms with van der Waals surface area (Å²) in [5.41, 5.74) is 2.74. The van der Waals surface area contributed by atoms with E-state index in [1.807, 2.05) is 0 Å². The van der Waals surface area contributed by atoms with Gasteiger partial charge in [0.05, 0.1) is 25.4 Å². The Hall–Kier alpha value is -0.200. The van der Waals surface area contributed by atoms with E-state index in [1.54, 1.807) is 7.11 Å². The molecule has 0 aromatic carbocycles. The van der Waals surface area contributed by atoms with Crippen LogP contribution in [0.4, 0.5) is 0 Å². The van der Waals surface area contributed by atoms with Crippen LogP contribution in [0.5, 0.6) is 0 Å². The molecule has 0 aromatic heterocycles. The van der Waals surface area contributed by atoms with E-state index in [0.29, 0.717) is 6.61 Å². The second-order valence-electron chi connectivity index (χ2n) is 3.53. The van der Waals surface area contributed by atoms with Crippen molar-refractivity contribution in [1.29, 1.82) is 0 Å². The van der Waals surface area contributed by atoms with Crippen LogP contribution in [0.2, 0.25) is 0 Å². The monoisotopic (exact) mass is 203 g/mol. The fourth-order valence-corrected chi connectivity index (χ4v) is 1.70. The lowest BCUT2D eigenvalue weighted by Gasteiger charge is -2.35. The SMILES string of the molecule is CCN1CCOC(C(COC)NN)C1. The summed E-state index contributed by atoms with van der Waals surface area (Å²) >= 11 is 0. The number of nitrogens with zero attached hydrogens (tertiary/aromatic N) is 1. The third kappa shape index (κ3) is 3.18. The first kappa shape index (κ1) is 11.9. The van der Waals surface area contributed by atoms with Crippen molar-refractivity contribution in [3.8, 4) is 0 Å². The molecule has 5 heteroatoms. The second kappa shape index (κ2) is 6.31. The molecule has 5 nitrogen and oxygen atoms in total. The fraction of sp³-hybridized carbons (Fsp3) is 1.00. The van der Waals surface area contributed by atoms with E-state index < -0.39 is 0 Å². The summed E-state index contributed by atoms with van der Waals surface area (Å²) in [6, 6.07) is 0.0781. The van der Waals surface area contributed by atoms with Crippen LogP contribution in [0.3, 0.4) is 0 Å². The molecule has 1 fully saturated rings. The van der Waals surface area contributed by atoms with Crippen molar-refractivity contribution in [2.45, 2.75) is 19.1 Å². The third-order valence-electron chi connectivity index (χ3n) is 2.63. The van der Waals surface area contributed by atoms with Gasteiger partial charge >= 0.3 is 0 Å². The highest BCUT2D eigenvalue weighted by Gasteiger charge is 2.26. The smallest absolute Gasteiger partial charge is 0.0891 e. The molecular weight excluding hydrogens is 182 g/mol. The van der Waals surface area contributed by atoms with Gasteiger partial charge in [-0.05, 0) is 6.54 Å². The number of rotatable bonds is 5. The predicted octanol–water partition coefficient (Wildman–Crippen LogP) is -0.815. The minimum absolute atomic E-state index is 0.0781. The maximum absolute atomic E-state index is 5.65. The van der Waals surface area contributed by atoms with Gasteiger partial charge in [0.15, 0.2) is 0 Å². The minimum Gasteiger partial charge on any atom is -0.383 e. The normalized spacial score (nSPS) is 26.4. The van der Waals surface area contributed by atoms with E-state index in [1.165, 1.54) is 0 Å². The molecule has 1 rings (SSSR count). The van der Waals surface area contributed by atoms with Gasteiger partial charge < -0.3 is 9.47 Å². The summed E-state index contributed by atoms with van der Waals surface area (Å²) in [4.78, 5) is 2.36. The Morgan fingerprint density at radius 1 is 1.71 bits per heavy atom. The molecular formula is C9H21N3O2. The lowest BCUT2D eigenvalue weighted by Crippen LogP contribution is -2.55. The highest BCUT2D eigenvalue weighted by Crippen LogP contribution is 2.08. The number of morpholine rings is 1. The van der Waals surface area contributed by atoms with Crippen molar-refractivity contribution >= 4 is 0 Å².